The maximum Gasteiger partial charge on any atom is 0.0949 e. The average Bonchev–Trinajstić information content (AvgIpc) is 3.06. The number of rotatable bonds is 4. The number of imidazole rings is 1. The Labute approximate surface area is 125 Å². The summed E-state index contributed by atoms with van der Waals surface area (Å²) < 4.78 is 4.03. The van der Waals surface area contributed by atoms with Crippen molar-refractivity contribution in [1.29, 1.82) is 0 Å². The fourth-order valence-electron chi connectivity index (χ4n) is 2.91. The van der Waals surface area contributed by atoms with Crippen molar-refractivity contribution < 1.29 is 5.11 Å². The smallest absolute Gasteiger partial charge is 0.0949 e. The minimum atomic E-state index is 0.148. The molecule has 114 valence electrons. The second-order valence-corrected chi connectivity index (χ2v) is 6.12. The molecule has 3 rings (SSSR count). The molecule has 1 atom stereocenters. The van der Waals surface area contributed by atoms with Gasteiger partial charge in [-0.15, -0.1) is 0 Å². The fraction of sp³-hybridized carbons (Fsp3) is 0.600. The normalized spacial score (nSPS) is 19.2. The number of fused-ring (bicyclic) bond motifs is 1. The standard InChI is InChI=1S/C15H23N5O/c1-11(2)20-7-12(5-17-20)6-19-8-14-15(4-13(19)9-21)18(3)10-16-14/h5,7,10-11,13,21H,4,6,8-9H2,1-3H3. The summed E-state index contributed by atoms with van der Waals surface area (Å²) in [5.74, 6) is 0. The molecule has 21 heavy (non-hydrogen) atoms. The van der Waals surface area contributed by atoms with Crippen LogP contribution in [0.5, 0.6) is 0 Å². The van der Waals surface area contributed by atoms with E-state index >= 15 is 0 Å². The predicted octanol–water partition coefficient (Wildman–Crippen LogP) is 1.12. The number of aliphatic hydroxyl groups excluding tert-OH is 1. The third-order valence-corrected chi connectivity index (χ3v) is 4.22. The van der Waals surface area contributed by atoms with Crippen LogP contribution in [-0.4, -0.2) is 42.0 Å². The lowest BCUT2D eigenvalue weighted by molar-refractivity contribution is 0.0967. The zero-order chi connectivity index (χ0) is 15.0. The molecule has 6 nitrogen and oxygen atoms in total. The second kappa shape index (κ2) is 5.61. The molecule has 0 aliphatic carbocycles. The van der Waals surface area contributed by atoms with Crippen LogP contribution >= 0.6 is 0 Å². The third-order valence-electron chi connectivity index (χ3n) is 4.22. The third kappa shape index (κ3) is 2.73. The van der Waals surface area contributed by atoms with Crippen molar-refractivity contribution in [3.8, 4) is 0 Å². The van der Waals surface area contributed by atoms with Gasteiger partial charge in [0, 0.05) is 56.1 Å². The summed E-state index contributed by atoms with van der Waals surface area (Å²) in [6.07, 6.45) is 6.72. The van der Waals surface area contributed by atoms with Crippen LogP contribution in [0.25, 0.3) is 0 Å². The lowest BCUT2D eigenvalue weighted by atomic mass is 10.0. The summed E-state index contributed by atoms with van der Waals surface area (Å²) in [7, 11) is 2.02. The van der Waals surface area contributed by atoms with Crippen LogP contribution < -0.4 is 0 Å². The maximum atomic E-state index is 9.69. The number of hydrogen-bond acceptors (Lipinski definition) is 4. The molecule has 0 aromatic carbocycles. The highest BCUT2D eigenvalue weighted by Gasteiger charge is 2.28. The summed E-state index contributed by atoms with van der Waals surface area (Å²) >= 11 is 0. The Morgan fingerprint density at radius 1 is 1.43 bits per heavy atom. The van der Waals surface area contributed by atoms with Crippen molar-refractivity contribution in [2.45, 2.75) is 45.4 Å². The molecule has 0 saturated carbocycles. The van der Waals surface area contributed by atoms with E-state index in [1.165, 1.54) is 11.3 Å². The Bertz CT molecular complexity index is 615. The van der Waals surface area contributed by atoms with Gasteiger partial charge < -0.3 is 9.67 Å². The first-order valence-corrected chi connectivity index (χ1v) is 7.45. The van der Waals surface area contributed by atoms with Crippen molar-refractivity contribution >= 4 is 0 Å². The van der Waals surface area contributed by atoms with Crippen LogP contribution in [0.3, 0.4) is 0 Å². The first-order chi connectivity index (χ1) is 10.1. The van der Waals surface area contributed by atoms with Gasteiger partial charge in [-0.3, -0.25) is 9.58 Å². The highest BCUT2D eigenvalue weighted by molar-refractivity contribution is 5.19. The zero-order valence-electron chi connectivity index (χ0n) is 12.9. The van der Waals surface area contributed by atoms with E-state index in [1.54, 1.807) is 0 Å². The van der Waals surface area contributed by atoms with E-state index in [0.29, 0.717) is 6.04 Å². The predicted molar refractivity (Wildman–Crippen MR) is 79.6 cm³/mol. The Balaban J connectivity index is 1.77. The van der Waals surface area contributed by atoms with E-state index in [9.17, 15) is 5.11 Å². The Kier molecular flexibility index (Phi) is 3.82. The molecule has 0 spiro atoms. The van der Waals surface area contributed by atoms with Crippen LogP contribution in [0.15, 0.2) is 18.7 Å². The van der Waals surface area contributed by atoms with Crippen molar-refractivity contribution in [3.63, 3.8) is 0 Å². The van der Waals surface area contributed by atoms with Gasteiger partial charge in [0.05, 0.1) is 24.8 Å². The van der Waals surface area contributed by atoms with Crippen LogP contribution in [0.2, 0.25) is 0 Å². The molecule has 0 bridgehead atoms. The molecule has 1 N–H and O–H groups in total. The molecule has 2 aromatic rings. The summed E-state index contributed by atoms with van der Waals surface area (Å²) in [6, 6.07) is 0.520. The van der Waals surface area contributed by atoms with Gasteiger partial charge in [-0.2, -0.15) is 5.10 Å². The molecule has 6 heteroatoms. The quantitative estimate of drug-likeness (QED) is 0.916. The molecule has 3 heterocycles. The SMILES string of the molecule is CC(C)n1cc(CN2Cc3ncn(C)c3CC2CO)cn1. The van der Waals surface area contributed by atoms with Crippen LogP contribution in [0.1, 0.15) is 36.8 Å². The zero-order valence-corrected chi connectivity index (χ0v) is 12.9. The van der Waals surface area contributed by atoms with Gasteiger partial charge in [-0.05, 0) is 13.8 Å². The van der Waals surface area contributed by atoms with Crippen molar-refractivity contribution in [3.05, 3.63) is 35.7 Å². The van der Waals surface area contributed by atoms with Gasteiger partial charge in [0.2, 0.25) is 0 Å². The van der Waals surface area contributed by atoms with E-state index in [1.807, 2.05) is 24.3 Å². The number of nitrogens with zero attached hydrogens (tertiary/aromatic N) is 5. The minimum Gasteiger partial charge on any atom is -0.395 e. The van der Waals surface area contributed by atoms with Crippen molar-refractivity contribution in [2.24, 2.45) is 7.05 Å². The monoisotopic (exact) mass is 289 g/mol. The minimum absolute atomic E-state index is 0.148. The van der Waals surface area contributed by atoms with E-state index in [2.05, 4.69) is 39.6 Å². The van der Waals surface area contributed by atoms with Crippen molar-refractivity contribution in [2.75, 3.05) is 6.61 Å². The molecule has 1 aliphatic rings. The molecule has 0 amide bonds. The maximum absolute atomic E-state index is 9.69. The van der Waals surface area contributed by atoms with Crippen LogP contribution in [-0.2, 0) is 26.6 Å². The lowest BCUT2D eigenvalue weighted by Gasteiger charge is -2.34. The number of aromatic nitrogens is 4. The van der Waals surface area contributed by atoms with Gasteiger partial charge in [0.25, 0.3) is 0 Å². The Morgan fingerprint density at radius 3 is 2.90 bits per heavy atom. The highest BCUT2D eigenvalue weighted by Crippen LogP contribution is 2.23. The van der Waals surface area contributed by atoms with Crippen LogP contribution in [0, 0.1) is 0 Å². The largest absolute Gasteiger partial charge is 0.395 e. The van der Waals surface area contributed by atoms with E-state index in [-0.39, 0.29) is 12.6 Å². The van der Waals surface area contributed by atoms with E-state index < -0.39 is 0 Å². The lowest BCUT2D eigenvalue weighted by Crippen LogP contribution is -2.42. The van der Waals surface area contributed by atoms with Gasteiger partial charge >= 0.3 is 0 Å². The molecule has 2 aromatic heterocycles. The number of aryl methyl sites for hydroxylation is 1. The summed E-state index contributed by atoms with van der Waals surface area (Å²) in [5.41, 5.74) is 3.54. The van der Waals surface area contributed by atoms with Gasteiger partial charge in [-0.25, -0.2) is 4.98 Å². The molecule has 1 aliphatic heterocycles. The fourth-order valence-corrected chi connectivity index (χ4v) is 2.91. The summed E-state index contributed by atoms with van der Waals surface area (Å²) in [5, 5.41) is 14.1. The first kappa shape index (κ1) is 14.3. The second-order valence-electron chi connectivity index (χ2n) is 6.12. The number of aliphatic hydroxyl groups is 1. The molecular formula is C15H23N5O. The first-order valence-electron chi connectivity index (χ1n) is 7.45. The Morgan fingerprint density at radius 2 is 2.24 bits per heavy atom. The van der Waals surface area contributed by atoms with Gasteiger partial charge in [0.1, 0.15) is 0 Å². The van der Waals surface area contributed by atoms with Gasteiger partial charge in [0.15, 0.2) is 0 Å². The highest BCUT2D eigenvalue weighted by atomic mass is 16.3. The molecule has 0 saturated heterocycles. The molecular weight excluding hydrogens is 266 g/mol. The van der Waals surface area contributed by atoms with E-state index in [0.717, 1.165) is 25.2 Å². The Hall–Kier alpha value is -1.66. The summed E-state index contributed by atoms with van der Waals surface area (Å²) in [4.78, 5) is 6.76. The van der Waals surface area contributed by atoms with Gasteiger partial charge in [-0.1, -0.05) is 0 Å². The number of hydrogen-bond donors (Lipinski definition) is 1. The topological polar surface area (TPSA) is 59.1 Å². The van der Waals surface area contributed by atoms with Crippen LogP contribution in [0.4, 0.5) is 0 Å². The average molecular weight is 289 g/mol. The summed E-state index contributed by atoms with van der Waals surface area (Å²) in [6.45, 7) is 5.99. The van der Waals surface area contributed by atoms with Crippen molar-refractivity contribution in [1.82, 2.24) is 24.2 Å². The molecule has 0 radical (unpaired) electrons. The molecule has 0 fully saturated rings. The van der Waals surface area contributed by atoms with E-state index in [4.69, 9.17) is 0 Å². The molecule has 1 unspecified atom stereocenters.